The van der Waals surface area contributed by atoms with E-state index >= 15 is 0 Å². The van der Waals surface area contributed by atoms with Crippen LogP contribution in [0.15, 0.2) is 29.2 Å². The number of non-ortho nitro benzene ring substituents is 1. The quantitative estimate of drug-likeness (QED) is 0.518. The fraction of sp³-hybridized carbons (Fsp3) is 0.462. The number of benzene rings is 1. The lowest BCUT2D eigenvalue weighted by molar-refractivity contribution is -0.384. The molecule has 1 saturated heterocycles. The SMILES string of the molecule is CC1CN(C(=O)CSc2ccc([N+](=O)[O-])cc2)CCN1.Cl. The van der Waals surface area contributed by atoms with Gasteiger partial charge in [0.1, 0.15) is 0 Å². The largest absolute Gasteiger partial charge is 0.339 e. The van der Waals surface area contributed by atoms with Gasteiger partial charge in [0.05, 0.1) is 10.7 Å². The van der Waals surface area contributed by atoms with Crippen molar-refractivity contribution in [1.82, 2.24) is 10.2 Å². The van der Waals surface area contributed by atoms with Crippen molar-refractivity contribution >= 4 is 35.8 Å². The standard InChI is InChI=1S/C13H17N3O3S.ClH/c1-10-8-15(7-6-14-10)13(17)9-20-12-4-2-11(3-5-12)16(18)19;/h2-5,10,14H,6-9H2,1H3;1H. The van der Waals surface area contributed by atoms with Crippen molar-refractivity contribution in [2.75, 3.05) is 25.4 Å². The average Bonchev–Trinajstić information content (AvgIpc) is 2.45. The van der Waals surface area contributed by atoms with Crippen LogP contribution < -0.4 is 5.32 Å². The fourth-order valence-electron chi connectivity index (χ4n) is 2.06. The Morgan fingerprint density at radius 2 is 2.14 bits per heavy atom. The van der Waals surface area contributed by atoms with E-state index in [4.69, 9.17) is 0 Å². The third kappa shape index (κ3) is 5.18. The highest BCUT2D eigenvalue weighted by atomic mass is 35.5. The van der Waals surface area contributed by atoms with Gasteiger partial charge in [-0.05, 0) is 19.1 Å². The Kier molecular flexibility index (Phi) is 6.94. The molecule has 0 spiro atoms. The van der Waals surface area contributed by atoms with Gasteiger partial charge in [0, 0.05) is 42.7 Å². The Balaban J connectivity index is 0.00000220. The second kappa shape index (κ2) is 8.21. The summed E-state index contributed by atoms with van der Waals surface area (Å²) in [5, 5.41) is 13.8. The van der Waals surface area contributed by atoms with Crippen molar-refractivity contribution in [1.29, 1.82) is 0 Å². The van der Waals surface area contributed by atoms with Gasteiger partial charge in [0.25, 0.3) is 5.69 Å². The average molecular weight is 332 g/mol. The summed E-state index contributed by atoms with van der Waals surface area (Å²) in [4.78, 5) is 24.9. The highest BCUT2D eigenvalue weighted by Gasteiger charge is 2.20. The lowest BCUT2D eigenvalue weighted by Crippen LogP contribution is -2.51. The number of amides is 1. The maximum absolute atomic E-state index is 12.1. The third-order valence-electron chi connectivity index (χ3n) is 3.13. The number of nitro groups is 1. The van der Waals surface area contributed by atoms with E-state index in [-0.39, 0.29) is 24.0 Å². The predicted octanol–water partition coefficient (Wildman–Crippen LogP) is 1.93. The van der Waals surface area contributed by atoms with Gasteiger partial charge in [-0.2, -0.15) is 0 Å². The molecule has 1 amide bonds. The van der Waals surface area contributed by atoms with Crippen molar-refractivity contribution in [2.24, 2.45) is 0 Å². The predicted molar refractivity (Wildman–Crippen MR) is 85.1 cm³/mol. The number of nitrogens with zero attached hydrogens (tertiary/aromatic N) is 2. The van der Waals surface area contributed by atoms with E-state index in [1.165, 1.54) is 23.9 Å². The minimum absolute atomic E-state index is 0. The van der Waals surface area contributed by atoms with Gasteiger partial charge in [0.15, 0.2) is 0 Å². The summed E-state index contributed by atoms with van der Waals surface area (Å²) in [5.41, 5.74) is 0.0663. The molecule has 116 valence electrons. The molecule has 1 N–H and O–H groups in total. The Bertz CT molecular complexity index is 498. The zero-order valence-electron chi connectivity index (χ0n) is 11.7. The monoisotopic (exact) mass is 331 g/mol. The molecule has 0 aliphatic carbocycles. The second-order valence-electron chi connectivity index (χ2n) is 4.73. The van der Waals surface area contributed by atoms with Gasteiger partial charge in [-0.1, -0.05) is 0 Å². The Morgan fingerprint density at radius 3 is 2.71 bits per heavy atom. The molecule has 21 heavy (non-hydrogen) atoms. The Hall–Kier alpha value is -1.31. The normalized spacial score (nSPS) is 18.0. The first kappa shape index (κ1) is 17.7. The minimum atomic E-state index is -0.429. The summed E-state index contributed by atoms with van der Waals surface area (Å²) in [5.74, 6) is 0.478. The van der Waals surface area contributed by atoms with Gasteiger partial charge in [-0.15, -0.1) is 24.2 Å². The molecule has 1 aromatic carbocycles. The van der Waals surface area contributed by atoms with Gasteiger partial charge in [-0.3, -0.25) is 14.9 Å². The van der Waals surface area contributed by atoms with E-state index in [0.29, 0.717) is 11.8 Å². The number of hydrogen-bond donors (Lipinski definition) is 1. The van der Waals surface area contributed by atoms with Crippen LogP contribution in [0.5, 0.6) is 0 Å². The fourth-order valence-corrected chi connectivity index (χ4v) is 2.86. The van der Waals surface area contributed by atoms with Crippen molar-refractivity contribution < 1.29 is 9.72 Å². The molecule has 2 rings (SSSR count). The summed E-state index contributed by atoms with van der Waals surface area (Å²) < 4.78 is 0. The number of carbonyl (C=O) groups excluding carboxylic acids is 1. The maximum Gasteiger partial charge on any atom is 0.269 e. The van der Waals surface area contributed by atoms with Crippen LogP contribution in [-0.2, 0) is 4.79 Å². The Labute approximate surface area is 133 Å². The zero-order chi connectivity index (χ0) is 14.5. The van der Waals surface area contributed by atoms with Crippen LogP contribution in [0.3, 0.4) is 0 Å². The number of nitrogens with one attached hydrogen (secondary N) is 1. The molecule has 1 aliphatic rings. The number of nitro benzene ring substituents is 1. The number of hydrogen-bond acceptors (Lipinski definition) is 5. The molecular formula is C13H18ClN3O3S. The summed E-state index contributed by atoms with van der Waals surface area (Å²) in [7, 11) is 0. The first-order valence-corrected chi connectivity index (χ1v) is 7.43. The van der Waals surface area contributed by atoms with Crippen LogP contribution in [0.2, 0.25) is 0 Å². The highest BCUT2D eigenvalue weighted by Crippen LogP contribution is 2.21. The highest BCUT2D eigenvalue weighted by molar-refractivity contribution is 8.00. The number of halogens is 1. The Morgan fingerprint density at radius 1 is 1.48 bits per heavy atom. The molecule has 1 fully saturated rings. The second-order valence-corrected chi connectivity index (χ2v) is 5.78. The van der Waals surface area contributed by atoms with Crippen molar-refractivity contribution in [3.8, 4) is 0 Å². The number of rotatable bonds is 4. The molecule has 6 nitrogen and oxygen atoms in total. The third-order valence-corrected chi connectivity index (χ3v) is 4.13. The van der Waals surface area contributed by atoms with Crippen LogP contribution >= 0.6 is 24.2 Å². The van der Waals surface area contributed by atoms with Gasteiger partial charge < -0.3 is 10.2 Å². The van der Waals surface area contributed by atoms with Gasteiger partial charge in [0.2, 0.25) is 5.91 Å². The zero-order valence-corrected chi connectivity index (χ0v) is 13.3. The number of carbonyl (C=O) groups is 1. The summed E-state index contributed by atoms with van der Waals surface area (Å²) in [6, 6.07) is 6.60. The summed E-state index contributed by atoms with van der Waals surface area (Å²) in [6.07, 6.45) is 0. The first-order chi connectivity index (χ1) is 9.56. The van der Waals surface area contributed by atoms with E-state index in [1.807, 2.05) is 4.90 Å². The molecule has 1 heterocycles. The number of piperazine rings is 1. The molecule has 1 aromatic rings. The van der Waals surface area contributed by atoms with Gasteiger partial charge >= 0.3 is 0 Å². The molecule has 1 aliphatic heterocycles. The molecule has 0 aromatic heterocycles. The van der Waals surface area contributed by atoms with E-state index in [0.717, 1.165) is 24.5 Å². The van der Waals surface area contributed by atoms with Crippen molar-refractivity contribution in [2.45, 2.75) is 17.9 Å². The van der Waals surface area contributed by atoms with E-state index < -0.39 is 4.92 Å². The molecule has 0 bridgehead atoms. The lowest BCUT2D eigenvalue weighted by Gasteiger charge is -2.31. The molecule has 0 radical (unpaired) electrons. The molecular weight excluding hydrogens is 314 g/mol. The minimum Gasteiger partial charge on any atom is -0.339 e. The maximum atomic E-state index is 12.1. The molecule has 1 unspecified atom stereocenters. The van der Waals surface area contributed by atoms with Crippen molar-refractivity contribution in [3.05, 3.63) is 34.4 Å². The van der Waals surface area contributed by atoms with Crippen molar-refractivity contribution in [3.63, 3.8) is 0 Å². The van der Waals surface area contributed by atoms with Crippen LogP contribution in [0.1, 0.15) is 6.92 Å². The lowest BCUT2D eigenvalue weighted by atomic mass is 10.2. The van der Waals surface area contributed by atoms with Crippen LogP contribution in [0.25, 0.3) is 0 Å². The first-order valence-electron chi connectivity index (χ1n) is 6.44. The number of thioether (sulfide) groups is 1. The van der Waals surface area contributed by atoms with Crippen LogP contribution in [0, 0.1) is 10.1 Å². The van der Waals surface area contributed by atoms with Crippen LogP contribution in [-0.4, -0.2) is 47.2 Å². The topological polar surface area (TPSA) is 75.5 Å². The van der Waals surface area contributed by atoms with Gasteiger partial charge in [-0.25, -0.2) is 0 Å². The van der Waals surface area contributed by atoms with E-state index in [9.17, 15) is 14.9 Å². The molecule has 8 heteroatoms. The van der Waals surface area contributed by atoms with E-state index in [2.05, 4.69) is 12.2 Å². The molecule has 0 saturated carbocycles. The van der Waals surface area contributed by atoms with Crippen LogP contribution in [0.4, 0.5) is 5.69 Å². The summed E-state index contributed by atoms with van der Waals surface area (Å²) >= 11 is 1.41. The smallest absolute Gasteiger partial charge is 0.269 e. The van der Waals surface area contributed by atoms with E-state index in [1.54, 1.807) is 12.1 Å². The summed E-state index contributed by atoms with van der Waals surface area (Å²) in [6.45, 7) is 4.36. The molecule has 1 atom stereocenters.